The summed E-state index contributed by atoms with van der Waals surface area (Å²) < 4.78 is 20.3. The first kappa shape index (κ1) is 34.6. The van der Waals surface area contributed by atoms with E-state index in [2.05, 4.69) is 184 Å². The van der Waals surface area contributed by atoms with Gasteiger partial charge in [-0.1, -0.05) is 114 Å². The van der Waals surface area contributed by atoms with E-state index in [0.717, 1.165) is 78.6 Å². The van der Waals surface area contributed by atoms with Crippen LogP contribution in [0.3, 0.4) is 0 Å². The minimum Gasteiger partial charge on any atom is -0.458 e. The predicted molar refractivity (Wildman–Crippen MR) is 231 cm³/mol. The Kier molecular flexibility index (Phi) is 7.11. The van der Waals surface area contributed by atoms with Crippen molar-refractivity contribution in [3.63, 3.8) is 0 Å². The van der Waals surface area contributed by atoms with Gasteiger partial charge in [-0.3, -0.25) is 4.57 Å². The molecule has 0 aliphatic carbocycles. The maximum absolute atomic E-state index is 6.89. The lowest BCUT2D eigenvalue weighted by Gasteiger charge is -2.46. The summed E-state index contributed by atoms with van der Waals surface area (Å²) in [5.74, 6) is 4.10. The van der Waals surface area contributed by atoms with E-state index in [4.69, 9.17) is 14.5 Å². The second-order valence-corrected chi connectivity index (χ2v) is 17.9. The van der Waals surface area contributed by atoms with Gasteiger partial charge in [0.05, 0.1) is 40.2 Å². The monoisotopic (exact) mass is 756 g/mol. The van der Waals surface area contributed by atoms with E-state index in [1.807, 2.05) is 24.4 Å². The molecule has 0 bridgehead atoms. The summed E-state index contributed by atoms with van der Waals surface area (Å²) in [4.78, 5) is 4.74. The van der Waals surface area contributed by atoms with Crippen LogP contribution in [0.25, 0.3) is 44.3 Å². The maximum Gasteiger partial charge on any atom is 0.244 e. The van der Waals surface area contributed by atoms with Crippen LogP contribution in [0.15, 0.2) is 140 Å². The van der Waals surface area contributed by atoms with Crippen molar-refractivity contribution in [2.45, 2.75) is 57.8 Å². The van der Waals surface area contributed by atoms with Gasteiger partial charge in [0.25, 0.3) is 0 Å². The maximum atomic E-state index is 6.89. The molecule has 2 aliphatic heterocycles. The Bertz CT molecular complexity index is 3090. The predicted octanol–water partition coefficient (Wildman–Crippen LogP) is 11.9. The molecule has 0 saturated carbocycles. The number of imidazole rings is 1. The first-order chi connectivity index (χ1) is 27.9. The zero-order valence-corrected chi connectivity index (χ0v) is 33.9. The van der Waals surface area contributed by atoms with Crippen molar-refractivity contribution in [1.29, 1.82) is 0 Å². The third kappa shape index (κ3) is 4.84. The van der Waals surface area contributed by atoms with Gasteiger partial charge in [-0.2, -0.15) is 0 Å². The van der Waals surface area contributed by atoms with Crippen LogP contribution in [0.4, 0.5) is 0 Å². The molecule has 0 saturated heterocycles. The highest BCUT2D eigenvalue weighted by Crippen LogP contribution is 2.60. The Hall–Kier alpha value is -6.66. The van der Waals surface area contributed by atoms with E-state index in [1.54, 1.807) is 0 Å². The van der Waals surface area contributed by atoms with E-state index in [0.29, 0.717) is 0 Å². The second kappa shape index (κ2) is 11.9. The lowest BCUT2D eigenvalue weighted by atomic mass is 9.60. The first-order valence-electron chi connectivity index (χ1n) is 20.1. The van der Waals surface area contributed by atoms with Gasteiger partial charge in [0.1, 0.15) is 28.8 Å². The molecule has 0 amide bonds. The zero-order valence-electron chi connectivity index (χ0n) is 33.9. The fourth-order valence-electron chi connectivity index (χ4n) is 9.47. The van der Waals surface area contributed by atoms with Crippen molar-refractivity contribution < 1.29 is 14.0 Å². The van der Waals surface area contributed by atoms with Crippen molar-refractivity contribution in [2.24, 2.45) is 7.05 Å². The smallest absolute Gasteiger partial charge is 0.244 e. The van der Waals surface area contributed by atoms with Crippen LogP contribution >= 0.6 is 0 Å². The number of fused-ring (bicyclic) bond motifs is 11. The Balaban J connectivity index is 1.17. The van der Waals surface area contributed by atoms with E-state index in [-0.39, 0.29) is 10.8 Å². The molecule has 3 aromatic heterocycles. The highest BCUT2D eigenvalue weighted by molar-refractivity contribution is 6.09. The highest BCUT2D eigenvalue weighted by atomic mass is 16.5. The number of hydrogen-bond acceptors (Lipinski definition) is 3. The lowest BCUT2D eigenvalue weighted by molar-refractivity contribution is -0.649. The van der Waals surface area contributed by atoms with Crippen LogP contribution in [-0.2, 0) is 23.3 Å². The quantitative estimate of drug-likeness (QED) is 0.133. The molecule has 284 valence electrons. The normalized spacial score (nSPS) is 14.1. The van der Waals surface area contributed by atoms with Crippen LogP contribution < -0.4 is 14.0 Å². The van der Waals surface area contributed by atoms with E-state index in [9.17, 15) is 0 Å². The van der Waals surface area contributed by atoms with Crippen molar-refractivity contribution in [3.05, 3.63) is 179 Å². The molecule has 6 aromatic carbocycles. The van der Waals surface area contributed by atoms with Crippen LogP contribution in [0.2, 0.25) is 0 Å². The lowest BCUT2D eigenvalue weighted by Crippen LogP contribution is -2.38. The van der Waals surface area contributed by atoms with Gasteiger partial charge >= 0.3 is 0 Å². The molecular formula is C52H44N4O2. The molecule has 9 aromatic rings. The van der Waals surface area contributed by atoms with Crippen molar-refractivity contribution in [3.8, 4) is 34.5 Å². The molecule has 0 unspecified atom stereocenters. The Labute approximate surface area is 338 Å². The van der Waals surface area contributed by atoms with Crippen molar-refractivity contribution in [2.75, 3.05) is 0 Å². The largest absolute Gasteiger partial charge is 0.458 e. The summed E-state index contributed by atoms with van der Waals surface area (Å²) >= 11 is 0. The second-order valence-electron chi connectivity index (χ2n) is 17.9. The number of ether oxygens (including phenoxy) is 2. The number of pyridine rings is 1. The topological polar surface area (TPSA) is 45.1 Å². The van der Waals surface area contributed by atoms with Gasteiger partial charge in [0.2, 0.25) is 6.33 Å². The molecule has 1 spiro atoms. The Morgan fingerprint density at radius 3 is 2.00 bits per heavy atom. The first-order valence-corrected chi connectivity index (χ1v) is 20.1. The zero-order chi connectivity index (χ0) is 39.7. The van der Waals surface area contributed by atoms with Gasteiger partial charge < -0.3 is 18.6 Å². The highest BCUT2D eigenvalue weighted by Gasteiger charge is 2.50. The van der Waals surface area contributed by atoms with Crippen molar-refractivity contribution >= 4 is 32.8 Å². The van der Waals surface area contributed by atoms with Gasteiger partial charge in [0.15, 0.2) is 0 Å². The summed E-state index contributed by atoms with van der Waals surface area (Å²) in [6.07, 6.45) is 5.52. The Morgan fingerprint density at radius 1 is 0.621 bits per heavy atom. The molecule has 58 heavy (non-hydrogen) atoms. The number of aryl methyl sites for hydroxylation is 1. The SMILES string of the molecule is C[n+]1[c-]n2c3c(cccc31)C1(c3cc(C(C)(C)C)ccc3Oc3ccc(C(C)(C)C)cc31)c1ccc(Oc3ccc4c5ccccc5n(-c5ccccn5)c4c3)cc1-2. The summed E-state index contributed by atoms with van der Waals surface area (Å²) in [6, 6.07) is 47.8. The summed E-state index contributed by atoms with van der Waals surface area (Å²) in [6.45, 7) is 13.7. The molecule has 11 rings (SSSR count). The molecule has 0 radical (unpaired) electrons. The van der Waals surface area contributed by atoms with E-state index in [1.165, 1.54) is 22.1 Å². The molecule has 6 heteroatoms. The van der Waals surface area contributed by atoms with Crippen LogP contribution in [0, 0.1) is 6.33 Å². The molecule has 0 N–H and O–H groups in total. The number of hydrogen-bond donors (Lipinski definition) is 0. The number of aromatic nitrogens is 4. The third-order valence-electron chi connectivity index (χ3n) is 12.3. The van der Waals surface area contributed by atoms with Gasteiger partial charge in [-0.25, -0.2) is 4.98 Å². The summed E-state index contributed by atoms with van der Waals surface area (Å²) in [7, 11) is 2.08. The summed E-state index contributed by atoms with van der Waals surface area (Å²) in [5.41, 5.74) is 11.7. The molecule has 0 atom stereocenters. The van der Waals surface area contributed by atoms with E-state index < -0.39 is 5.41 Å². The number of rotatable bonds is 3. The standard InChI is InChI=1S/C52H44N4O2/c1-50(2,3)32-18-24-46-40(27-32)52(41-28-33(51(4,5)6)19-25-47(41)58-46)38-23-21-35(30-45(38)55-31-54(7)43-16-12-14-39(52)49(43)55)57-34-20-22-37-36-13-8-9-15-42(36)56(44(37)29-34)48-17-10-11-26-53-48/h8-30H,1-7H3. The van der Waals surface area contributed by atoms with Gasteiger partial charge in [-0.05, 0) is 87.7 Å². The molecule has 0 fully saturated rings. The van der Waals surface area contributed by atoms with Crippen LogP contribution in [0.1, 0.15) is 74.9 Å². The number of nitrogens with zero attached hydrogens (tertiary/aromatic N) is 4. The fourth-order valence-corrected chi connectivity index (χ4v) is 9.47. The van der Waals surface area contributed by atoms with Crippen molar-refractivity contribution in [1.82, 2.24) is 14.1 Å². The average molecular weight is 757 g/mol. The minimum absolute atomic E-state index is 0.0746. The average Bonchev–Trinajstić information content (AvgIpc) is 3.73. The fraction of sp³-hybridized carbons (Fsp3) is 0.192. The van der Waals surface area contributed by atoms with Crippen LogP contribution in [-0.4, -0.2) is 14.1 Å². The Morgan fingerprint density at radius 2 is 1.29 bits per heavy atom. The van der Waals surface area contributed by atoms with E-state index >= 15 is 0 Å². The molecule has 5 heterocycles. The van der Waals surface area contributed by atoms with Gasteiger partial charge in [-0.15, -0.1) is 0 Å². The molecular weight excluding hydrogens is 713 g/mol. The number of benzene rings is 6. The third-order valence-corrected chi connectivity index (χ3v) is 12.3. The van der Waals surface area contributed by atoms with Gasteiger partial charge in [0, 0.05) is 34.2 Å². The minimum atomic E-state index is -0.698. The summed E-state index contributed by atoms with van der Waals surface area (Å²) in [5, 5.41) is 2.32. The van der Waals surface area contributed by atoms with Crippen LogP contribution in [0.5, 0.6) is 23.0 Å². The number of para-hydroxylation sites is 2. The molecule has 6 nitrogen and oxygen atoms in total. The molecule has 2 aliphatic rings.